The summed E-state index contributed by atoms with van der Waals surface area (Å²) < 4.78 is 36.6. The van der Waals surface area contributed by atoms with E-state index in [0.29, 0.717) is 27.0 Å². The molecule has 2 N–H and O–H groups in total. The molecule has 0 saturated carbocycles. The maximum absolute atomic E-state index is 12.8. The standard InChI is InChI=1S/C19H13ClO7S2/c20-18-13(11-2-4-15-16(6-11)27-9-26-15)7-17(28-18)29(24,25)8-10-1-3-12(19(22)23)14(21)5-10/h1-7,21H,8-9H2,(H,22,23). The van der Waals surface area contributed by atoms with Crippen molar-refractivity contribution in [2.24, 2.45) is 0 Å². The van der Waals surface area contributed by atoms with Gasteiger partial charge in [0.1, 0.15) is 19.9 Å². The molecule has 0 aliphatic carbocycles. The van der Waals surface area contributed by atoms with Crippen molar-refractivity contribution in [2.75, 3.05) is 6.79 Å². The largest absolute Gasteiger partial charge is 0.507 e. The Morgan fingerprint density at radius 1 is 1.10 bits per heavy atom. The number of fused-ring (bicyclic) bond motifs is 1. The lowest BCUT2D eigenvalue weighted by Crippen LogP contribution is -2.04. The summed E-state index contributed by atoms with van der Waals surface area (Å²) in [7, 11) is -3.76. The predicted molar refractivity (Wildman–Crippen MR) is 107 cm³/mol. The number of hydrogen-bond acceptors (Lipinski definition) is 7. The molecule has 0 radical (unpaired) electrons. The molecule has 0 spiro atoms. The SMILES string of the molecule is O=C(O)c1ccc(CS(=O)(=O)c2cc(-c3ccc4c(c3)OCO4)c(Cl)s2)cc1O. The third kappa shape index (κ3) is 3.76. The summed E-state index contributed by atoms with van der Waals surface area (Å²) in [6, 6.07) is 10.4. The monoisotopic (exact) mass is 452 g/mol. The van der Waals surface area contributed by atoms with Gasteiger partial charge in [-0.15, -0.1) is 11.3 Å². The number of sulfone groups is 1. The molecule has 2 heterocycles. The molecule has 0 saturated heterocycles. The van der Waals surface area contributed by atoms with E-state index in [4.69, 9.17) is 26.2 Å². The van der Waals surface area contributed by atoms with Gasteiger partial charge in [-0.05, 0) is 41.5 Å². The van der Waals surface area contributed by atoms with Crippen LogP contribution in [-0.4, -0.2) is 31.4 Å². The van der Waals surface area contributed by atoms with E-state index >= 15 is 0 Å². The number of aromatic hydroxyl groups is 1. The fourth-order valence-electron chi connectivity index (χ4n) is 2.90. The van der Waals surface area contributed by atoms with Crippen molar-refractivity contribution < 1.29 is 32.9 Å². The quantitative estimate of drug-likeness (QED) is 0.597. The number of aromatic carboxylic acids is 1. The normalized spacial score (nSPS) is 12.9. The Balaban J connectivity index is 1.64. The van der Waals surface area contributed by atoms with Crippen LogP contribution in [0.4, 0.5) is 0 Å². The average molecular weight is 453 g/mol. The zero-order valence-corrected chi connectivity index (χ0v) is 17.0. The van der Waals surface area contributed by atoms with Crippen molar-refractivity contribution in [1.29, 1.82) is 0 Å². The molecular weight excluding hydrogens is 440 g/mol. The fraction of sp³-hybridized carbons (Fsp3) is 0.105. The van der Waals surface area contributed by atoms with Crippen LogP contribution in [0, 0.1) is 0 Å². The van der Waals surface area contributed by atoms with E-state index in [1.165, 1.54) is 18.2 Å². The molecule has 1 aliphatic heterocycles. The first-order chi connectivity index (χ1) is 13.7. The number of carboxylic acid groups (broad SMARTS) is 1. The molecule has 3 aromatic rings. The van der Waals surface area contributed by atoms with Crippen molar-refractivity contribution in [3.05, 3.63) is 57.9 Å². The summed E-state index contributed by atoms with van der Waals surface area (Å²) in [6.45, 7) is 0.128. The molecule has 4 rings (SSSR count). The van der Waals surface area contributed by atoms with Crippen molar-refractivity contribution >= 4 is 38.7 Å². The maximum Gasteiger partial charge on any atom is 0.339 e. The number of benzene rings is 2. The summed E-state index contributed by atoms with van der Waals surface area (Å²) in [4.78, 5) is 11.0. The highest BCUT2D eigenvalue weighted by Crippen LogP contribution is 2.42. The summed E-state index contributed by atoms with van der Waals surface area (Å²) in [5, 5.41) is 18.7. The second kappa shape index (κ2) is 7.25. The van der Waals surface area contributed by atoms with E-state index in [1.807, 2.05) is 0 Å². The Morgan fingerprint density at radius 2 is 1.86 bits per heavy atom. The van der Waals surface area contributed by atoms with Crippen molar-refractivity contribution in [3.63, 3.8) is 0 Å². The minimum atomic E-state index is -3.76. The smallest absolute Gasteiger partial charge is 0.339 e. The van der Waals surface area contributed by atoms with Gasteiger partial charge in [-0.3, -0.25) is 0 Å². The molecular formula is C19H13ClO7S2. The molecule has 0 atom stereocenters. The van der Waals surface area contributed by atoms with Gasteiger partial charge >= 0.3 is 5.97 Å². The molecule has 0 bridgehead atoms. The van der Waals surface area contributed by atoms with Gasteiger partial charge in [-0.25, -0.2) is 13.2 Å². The third-order valence-corrected chi connectivity index (χ3v) is 7.91. The molecule has 7 nitrogen and oxygen atoms in total. The van der Waals surface area contributed by atoms with Gasteiger partial charge in [0.2, 0.25) is 6.79 Å². The molecule has 0 unspecified atom stereocenters. The summed E-state index contributed by atoms with van der Waals surface area (Å²) >= 11 is 7.23. The molecule has 10 heteroatoms. The lowest BCUT2D eigenvalue weighted by molar-refractivity contribution is 0.0693. The Labute approximate surface area is 174 Å². The minimum absolute atomic E-state index is 0.0666. The number of phenols is 1. The van der Waals surface area contributed by atoms with Crippen LogP contribution in [0.2, 0.25) is 4.34 Å². The van der Waals surface area contributed by atoms with Gasteiger partial charge < -0.3 is 19.7 Å². The van der Waals surface area contributed by atoms with E-state index in [1.54, 1.807) is 18.2 Å². The van der Waals surface area contributed by atoms with Crippen molar-refractivity contribution in [2.45, 2.75) is 9.96 Å². The second-order valence-electron chi connectivity index (χ2n) is 6.24. The van der Waals surface area contributed by atoms with Crippen LogP contribution in [-0.2, 0) is 15.6 Å². The molecule has 0 fully saturated rings. The first-order valence-corrected chi connectivity index (χ1v) is 11.1. The molecule has 1 aliphatic rings. The van der Waals surface area contributed by atoms with Crippen LogP contribution in [0.15, 0.2) is 46.7 Å². The molecule has 2 aromatic carbocycles. The first kappa shape index (κ1) is 19.6. The number of rotatable bonds is 5. The molecule has 0 amide bonds. The maximum atomic E-state index is 12.8. The van der Waals surface area contributed by atoms with Gasteiger partial charge in [0, 0.05) is 5.56 Å². The van der Waals surface area contributed by atoms with Gasteiger partial charge in [0.15, 0.2) is 21.3 Å². The number of thiophene rings is 1. The number of halogens is 1. The lowest BCUT2D eigenvalue weighted by atomic mass is 10.1. The van der Waals surface area contributed by atoms with Crippen LogP contribution in [0.3, 0.4) is 0 Å². The number of ether oxygens (including phenoxy) is 2. The summed E-state index contributed by atoms with van der Waals surface area (Å²) in [6.07, 6.45) is 0. The topological polar surface area (TPSA) is 110 Å². The summed E-state index contributed by atoms with van der Waals surface area (Å²) in [5.74, 6) is -1.02. The lowest BCUT2D eigenvalue weighted by Gasteiger charge is -2.05. The third-order valence-electron chi connectivity index (χ3n) is 4.30. The predicted octanol–water partition coefficient (Wildman–Crippen LogP) is 4.17. The zero-order chi connectivity index (χ0) is 20.8. The van der Waals surface area contributed by atoms with Crippen LogP contribution in [0.5, 0.6) is 17.2 Å². The highest BCUT2D eigenvalue weighted by Gasteiger charge is 2.23. The van der Waals surface area contributed by atoms with Gasteiger partial charge in [0.25, 0.3) is 0 Å². The van der Waals surface area contributed by atoms with Gasteiger partial charge in [0.05, 0.1) is 5.75 Å². The zero-order valence-electron chi connectivity index (χ0n) is 14.6. The first-order valence-electron chi connectivity index (χ1n) is 8.22. The second-order valence-corrected chi connectivity index (χ2v) is 10.1. The highest BCUT2D eigenvalue weighted by atomic mass is 35.5. The van der Waals surface area contributed by atoms with Crippen LogP contribution in [0.1, 0.15) is 15.9 Å². The molecule has 1 aromatic heterocycles. The van der Waals surface area contributed by atoms with E-state index in [0.717, 1.165) is 17.4 Å². The Kier molecular flexibility index (Phi) is 4.89. The van der Waals surface area contributed by atoms with E-state index < -0.39 is 27.3 Å². The van der Waals surface area contributed by atoms with E-state index in [9.17, 15) is 18.3 Å². The van der Waals surface area contributed by atoms with Crippen molar-refractivity contribution in [1.82, 2.24) is 0 Å². The van der Waals surface area contributed by atoms with Crippen molar-refractivity contribution in [3.8, 4) is 28.4 Å². The van der Waals surface area contributed by atoms with Gasteiger partial charge in [-0.2, -0.15) is 0 Å². The Bertz CT molecular complexity index is 1230. The van der Waals surface area contributed by atoms with Crippen LogP contribution >= 0.6 is 22.9 Å². The number of hydrogen-bond donors (Lipinski definition) is 2. The fourth-order valence-corrected chi connectivity index (χ4v) is 6.08. The Morgan fingerprint density at radius 3 is 2.59 bits per heavy atom. The summed E-state index contributed by atoms with van der Waals surface area (Å²) in [5.41, 5.74) is 1.22. The Hall–Kier alpha value is -2.75. The molecule has 29 heavy (non-hydrogen) atoms. The van der Waals surface area contributed by atoms with E-state index in [2.05, 4.69) is 0 Å². The minimum Gasteiger partial charge on any atom is -0.507 e. The van der Waals surface area contributed by atoms with Crippen LogP contribution < -0.4 is 9.47 Å². The highest BCUT2D eigenvalue weighted by molar-refractivity contribution is 7.92. The number of carbonyl (C=O) groups is 1. The molecule has 150 valence electrons. The number of carboxylic acids is 1. The van der Waals surface area contributed by atoms with Crippen LogP contribution in [0.25, 0.3) is 11.1 Å². The average Bonchev–Trinajstić information content (AvgIpc) is 3.27. The van der Waals surface area contributed by atoms with E-state index in [-0.39, 0.29) is 22.1 Å². The van der Waals surface area contributed by atoms with Gasteiger partial charge in [-0.1, -0.05) is 23.7 Å².